The predicted molar refractivity (Wildman–Crippen MR) is 175 cm³/mol. The average molecular weight is 657 g/mol. The van der Waals surface area contributed by atoms with Crippen LogP contribution in [0.25, 0.3) is 6.08 Å². The maximum atomic E-state index is 13.6. The molecule has 0 aromatic heterocycles. The number of hydrogen-bond donors (Lipinski definition) is 1. The number of carbonyl (C=O) groups excluding carboxylic acids is 2. The first-order valence-electron chi connectivity index (χ1n) is 12.5. The predicted octanol–water partition coefficient (Wildman–Crippen LogP) is 9.43. The molecule has 6 nitrogen and oxygen atoms in total. The first-order valence-corrected chi connectivity index (χ1v) is 14.8. The number of amidine groups is 1. The summed E-state index contributed by atoms with van der Waals surface area (Å²) in [5.41, 5.74) is 3.42. The number of carbonyl (C=O) groups is 2. The highest BCUT2D eigenvalue weighted by Crippen LogP contribution is 2.38. The number of aliphatic imine (C=N–C) groups is 1. The average Bonchev–Trinajstić information content (AvgIpc) is 3.26. The van der Waals surface area contributed by atoms with Gasteiger partial charge in [-0.2, -0.15) is 0 Å². The highest BCUT2D eigenvalue weighted by molar-refractivity contribution is 8.19. The minimum absolute atomic E-state index is 0.249. The Morgan fingerprint density at radius 1 is 0.905 bits per heavy atom. The van der Waals surface area contributed by atoms with Crippen LogP contribution in [-0.2, 0) is 9.59 Å². The van der Waals surface area contributed by atoms with E-state index in [9.17, 15) is 9.59 Å². The van der Waals surface area contributed by atoms with Gasteiger partial charge in [-0.1, -0.05) is 58.5 Å². The van der Waals surface area contributed by atoms with Crippen LogP contribution in [0.15, 0.2) is 94.8 Å². The molecule has 1 N–H and O–H groups in total. The van der Waals surface area contributed by atoms with E-state index in [-0.39, 0.29) is 23.4 Å². The van der Waals surface area contributed by atoms with Crippen LogP contribution in [0.2, 0.25) is 20.1 Å². The molecular weight excluding hydrogens is 636 g/mol. The number of hydrogen-bond acceptors (Lipinski definition) is 5. The molecule has 11 heteroatoms. The van der Waals surface area contributed by atoms with Gasteiger partial charge >= 0.3 is 0 Å². The monoisotopic (exact) mass is 655 g/mol. The fourth-order valence-electron chi connectivity index (χ4n) is 3.88. The fourth-order valence-corrected chi connectivity index (χ4v) is 5.56. The number of anilines is 2. The van der Waals surface area contributed by atoms with Gasteiger partial charge in [0.25, 0.3) is 11.8 Å². The van der Waals surface area contributed by atoms with Crippen molar-refractivity contribution in [1.29, 1.82) is 0 Å². The first-order chi connectivity index (χ1) is 20.2. The molecule has 0 atom stereocenters. The van der Waals surface area contributed by atoms with E-state index in [1.54, 1.807) is 84.9 Å². The topological polar surface area (TPSA) is 71.0 Å². The summed E-state index contributed by atoms with van der Waals surface area (Å²) < 4.78 is 5.63. The van der Waals surface area contributed by atoms with Crippen molar-refractivity contribution in [3.8, 4) is 5.75 Å². The molecule has 212 valence electrons. The van der Waals surface area contributed by atoms with Crippen LogP contribution >= 0.6 is 58.2 Å². The summed E-state index contributed by atoms with van der Waals surface area (Å²) in [7, 11) is 0. The van der Waals surface area contributed by atoms with Crippen molar-refractivity contribution < 1.29 is 14.3 Å². The molecule has 0 bridgehead atoms. The van der Waals surface area contributed by atoms with Gasteiger partial charge in [0, 0.05) is 20.8 Å². The van der Waals surface area contributed by atoms with Gasteiger partial charge in [0.1, 0.15) is 5.75 Å². The molecule has 2 amide bonds. The van der Waals surface area contributed by atoms with Gasteiger partial charge in [0.05, 0.1) is 21.3 Å². The van der Waals surface area contributed by atoms with Crippen molar-refractivity contribution in [2.45, 2.75) is 6.92 Å². The molecular formula is C31H21Cl4N3O3S. The first kappa shape index (κ1) is 30.0. The van der Waals surface area contributed by atoms with Gasteiger partial charge in [-0.25, -0.2) is 4.99 Å². The summed E-state index contributed by atoms with van der Waals surface area (Å²) in [6, 6.07) is 24.3. The summed E-state index contributed by atoms with van der Waals surface area (Å²) in [5, 5.41) is 5.20. The van der Waals surface area contributed by atoms with E-state index >= 15 is 0 Å². The molecule has 1 aliphatic rings. The highest BCUT2D eigenvalue weighted by Gasteiger charge is 2.34. The third-order valence-electron chi connectivity index (χ3n) is 6.01. The summed E-state index contributed by atoms with van der Waals surface area (Å²) in [4.78, 5) is 32.6. The summed E-state index contributed by atoms with van der Waals surface area (Å²) >= 11 is 25.9. The van der Waals surface area contributed by atoms with Crippen molar-refractivity contribution >= 4 is 98.3 Å². The summed E-state index contributed by atoms with van der Waals surface area (Å²) in [6.07, 6.45) is 1.73. The van der Waals surface area contributed by atoms with Crippen molar-refractivity contribution in [3.63, 3.8) is 0 Å². The van der Waals surface area contributed by atoms with Crippen LogP contribution in [0.5, 0.6) is 5.75 Å². The standard InChI is InChI=1S/C31H21Cl4N3O3S/c1-18-2-8-23(16-25(18)34)36-29(39)17-41-27-13-3-19(14-26(27)35)15-28-30(40)38(24-11-6-21(33)7-12-24)31(42-28)37-22-9-4-20(32)5-10-22/h2-16H,17H2,1H3,(H,36,39)/b28-15-,37-31?. The van der Waals surface area contributed by atoms with Crippen LogP contribution in [0.1, 0.15) is 11.1 Å². The summed E-state index contributed by atoms with van der Waals surface area (Å²) in [6.45, 7) is 1.63. The minimum atomic E-state index is -0.361. The number of halogens is 4. The molecule has 0 radical (unpaired) electrons. The van der Waals surface area contributed by atoms with E-state index in [1.807, 2.05) is 13.0 Å². The molecule has 1 heterocycles. The third kappa shape index (κ3) is 7.30. The van der Waals surface area contributed by atoms with Gasteiger partial charge < -0.3 is 10.1 Å². The zero-order valence-electron chi connectivity index (χ0n) is 21.9. The number of nitrogens with one attached hydrogen (secondary N) is 1. The quantitative estimate of drug-likeness (QED) is 0.201. The molecule has 5 rings (SSSR count). The lowest BCUT2D eigenvalue weighted by Gasteiger charge is -2.15. The zero-order chi connectivity index (χ0) is 29.8. The number of nitrogens with zero attached hydrogens (tertiary/aromatic N) is 2. The minimum Gasteiger partial charge on any atom is -0.482 e. The van der Waals surface area contributed by atoms with E-state index in [2.05, 4.69) is 5.32 Å². The fraction of sp³-hybridized carbons (Fsp3) is 0.0645. The van der Waals surface area contributed by atoms with E-state index < -0.39 is 0 Å². The molecule has 42 heavy (non-hydrogen) atoms. The van der Waals surface area contributed by atoms with E-state index in [0.717, 1.165) is 5.56 Å². The Hall–Kier alpha value is -3.46. The lowest BCUT2D eigenvalue weighted by atomic mass is 10.2. The van der Waals surface area contributed by atoms with Crippen molar-refractivity contribution in [1.82, 2.24) is 0 Å². The third-order valence-corrected chi connectivity index (χ3v) is 8.19. The maximum absolute atomic E-state index is 13.6. The van der Waals surface area contributed by atoms with E-state index in [4.69, 9.17) is 56.1 Å². The largest absolute Gasteiger partial charge is 0.482 e. The number of rotatable bonds is 7. The molecule has 1 aliphatic heterocycles. The second-order valence-electron chi connectivity index (χ2n) is 9.09. The smallest absolute Gasteiger partial charge is 0.271 e. The van der Waals surface area contributed by atoms with Crippen LogP contribution in [-0.4, -0.2) is 23.6 Å². The van der Waals surface area contributed by atoms with Gasteiger partial charge in [0.15, 0.2) is 11.8 Å². The number of benzene rings is 4. The van der Waals surface area contributed by atoms with Crippen LogP contribution < -0.4 is 15.0 Å². The molecule has 0 saturated carbocycles. The lowest BCUT2D eigenvalue weighted by molar-refractivity contribution is -0.118. The van der Waals surface area contributed by atoms with Crippen molar-refractivity contribution in [3.05, 3.63) is 121 Å². The van der Waals surface area contributed by atoms with Crippen LogP contribution in [0.3, 0.4) is 0 Å². The second-order valence-corrected chi connectivity index (χ2v) is 11.8. The molecule has 1 saturated heterocycles. The number of ether oxygens (including phenoxy) is 1. The normalized spacial score (nSPS) is 15.0. The Balaban J connectivity index is 1.33. The number of aryl methyl sites for hydroxylation is 1. The molecule has 4 aromatic carbocycles. The van der Waals surface area contributed by atoms with Crippen molar-refractivity contribution in [2.24, 2.45) is 4.99 Å². The molecule has 0 unspecified atom stereocenters. The van der Waals surface area contributed by atoms with Gasteiger partial charge in [-0.3, -0.25) is 14.5 Å². The molecule has 0 aliphatic carbocycles. The zero-order valence-corrected chi connectivity index (χ0v) is 25.7. The Morgan fingerprint density at radius 2 is 1.60 bits per heavy atom. The molecule has 1 fully saturated rings. The van der Waals surface area contributed by atoms with Gasteiger partial charge in [-0.15, -0.1) is 0 Å². The van der Waals surface area contributed by atoms with Crippen LogP contribution in [0.4, 0.5) is 17.1 Å². The molecule has 4 aromatic rings. The Kier molecular flexibility index (Phi) is 9.46. The Labute approximate surface area is 266 Å². The highest BCUT2D eigenvalue weighted by atomic mass is 35.5. The van der Waals surface area contributed by atoms with E-state index in [1.165, 1.54) is 16.7 Å². The van der Waals surface area contributed by atoms with Crippen molar-refractivity contribution in [2.75, 3.05) is 16.8 Å². The SMILES string of the molecule is Cc1ccc(NC(=O)COc2ccc(/C=C3\SC(=Nc4ccc(Cl)cc4)N(c4ccc(Cl)cc4)C3=O)cc2Cl)cc1Cl. The summed E-state index contributed by atoms with van der Waals surface area (Å²) in [5.74, 6) is -0.284. The van der Waals surface area contributed by atoms with E-state index in [0.29, 0.717) is 53.5 Å². The van der Waals surface area contributed by atoms with Gasteiger partial charge in [0.2, 0.25) is 0 Å². The maximum Gasteiger partial charge on any atom is 0.271 e. The second kappa shape index (κ2) is 13.2. The number of amides is 2. The Bertz CT molecular complexity index is 1720. The molecule has 0 spiro atoms. The van der Waals surface area contributed by atoms with Gasteiger partial charge in [-0.05, 0) is 109 Å². The van der Waals surface area contributed by atoms with Crippen LogP contribution in [0, 0.1) is 6.92 Å². The number of thioether (sulfide) groups is 1. The Morgan fingerprint density at radius 3 is 2.26 bits per heavy atom. The lowest BCUT2D eigenvalue weighted by Crippen LogP contribution is -2.28.